The van der Waals surface area contributed by atoms with Gasteiger partial charge in [0, 0.05) is 30.1 Å². The van der Waals surface area contributed by atoms with Gasteiger partial charge in [-0.15, -0.1) is 0 Å². The van der Waals surface area contributed by atoms with E-state index in [2.05, 4.69) is 15.4 Å². The zero-order chi connectivity index (χ0) is 17.2. The number of carbonyl (C=O) groups is 1. The van der Waals surface area contributed by atoms with E-state index < -0.39 is 5.60 Å². The van der Waals surface area contributed by atoms with Crippen LogP contribution < -0.4 is 10.9 Å². The average Bonchev–Trinajstić information content (AvgIpc) is 2.90. The van der Waals surface area contributed by atoms with Gasteiger partial charge in [0.1, 0.15) is 0 Å². The molecule has 1 fully saturated rings. The van der Waals surface area contributed by atoms with Crippen LogP contribution in [0.3, 0.4) is 0 Å². The van der Waals surface area contributed by atoms with E-state index in [1.54, 1.807) is 19.2 Å². The molecule has 7 heteroatoms. The van der Waals surface area contributed by atoms with Crippen LogP contribution in [-0.2, 0) is 11.2 Å². The molecule has 0 unspecified atom stereocenters. The van der Waals surface area contributed by atoms with Gasteiger partial charge >= 0.3 is 0 Å². The van der Waals surface area contributed by atoms with Gasteiger partial charge < -0.3 is 10.4 Å². The molecular formula is C17H24N4O3. The maximum absolute atomic E-state index is 12.4. The number of nitrogens with zero attached hydrogens (tertiary/aromatic N) is 2. The molecule has 0 radical (unpaired) electrons. The van der Waals surface area contributed by atoms with Gasteiger partial charge in [-0.25, -0.2) is 9.50 Å². The predicted octanol–water partition coefficient (Wildman–Crippen LogP) is 1.08. The predicted molar refractivity (Wildman–Crippen MR) is 89.9 cm³/mol. The first-order chi connectivity index (χ1) is 11.5. The topological polar surface area (TPSA) is 99.5 Å². The summed E-state index contributed by atoms with van der Waals surface area (Å²) in [6, 6.07) is 1.71. The Balaban J connectivity index is 1.68. The summed E-state index contributed by atoms with van der Waals surface area (Å²) in [4.78, 5) is 29.0. The van der Waals surface area contributed by atoms with Crippen molar-refractivity contribution in [1.82, 2.24) is 19.9 Å². The highest BCUT2D eigenvalue weighted by atomic mass is 16.3. The van der Waals surface area contributed by atoms with Crippen LogP contribution in [0.2, 0.25) is 0 Å². The number of aliphatic hydroxyl groups is 1. The lowest BCUT2D eigenvalue weighted by Gasteiger charge is -2.26. The third kappa shape index (κ3) is 3.51. The van der Waals surface area contributed by atoms with E-state index in [0.717, 1.165) is 25.7 Å². The van der Waals surface area contributed by atoms with Gasteiger partial charge in [-0.05, 0) is 19.8 Å². The smallest absolute Gasteiger partial charge is 0.276 e. The minimum atomic E-state index is -0.822. The number of hydrogen-bond acceptors (Lipinski definition) is 4. The van der Waals surface area contributed by atoms with Crippen molar-refractivity contribution in [2.24, 2.45) is 0 Å². The molecular weight excluding hydrogens is 308 g/mol. The van der Waals surface area contributed by atoms with Gasteiger partial charge in [0.15, 0.2) is 5.65 Å². The largest absolute Gasteiger partial charge is 0.388 e. The molecule has 0 spiro atoms. The molecule has 130 valence electrons. The SMILES string of the molecule is Cc1nc2cc[nH]n2c(=O)c1CC(=O)NCC1(O)CCCCCC1. The molecule has 1 aliphatic rings. The second kappa shape index (κ2) is 6.76. The second-order valence-electron chi connectivity index (χ2n) is 6.73. The Bertz CT molecular complexity index is 785. The van der Waals surface area contributed by atoms with E-state index in [0.29, 0.717) is 29.7 Å². The summed E-state index contributed by atoms with van der Waals surface area (Å²) in [5.41, 5.74) is 0.390. The molecule has 1 aliphatic carbocycles. The summed E-state index contributed by atoms with van der Waals surface area (Å²) < 4.78 is 1.33. The van der Waals surface area contributed by atoms with E-state index in [9.17, 15) is 14.7 Å². The average molecular weight is 332 g/mol. The first kappa shape index (κ1) is 16.7. The quantitative estimate of drug-likeness (QED) is 0.729. The molecule has 7 nitrogen and oxygen atoms in total. The lowest BCUT2D eigenvalue weighted by atomic mass is 9.94. The minimum Gasteiger partial charge on any atom is -0.388 e. The maximum atomic E-state index is 12.4. The van der Waals surface area contributed by atoms with Crippen LogP contribution in [0.25, 0.3) is 5.65 Å². The van der Waals surface area contributed by atoms with Crippen molar-refractivity contribution in [3.63, 3.8) is 0 Å². The van der Waals surface area contributed by atoms with Gasteiger partial charge in [0.2, 0.25) is 5.91 Å². The molecule has 0 atom stereocenters. The van der Waals surface area contributed by atoms with E-state index in [1.165, 1.54) is 4.52 Å². The lowest BCUT2D eigenvalue weighted by molar-refractivity contribution is -0.121. The van der Waals surface area contributed by atoms with Gasteiger partial charge in [-0.2, -0.15) is 0 Å². The summed E-state index contributed by atoms with van der Waals surface area (Å²) in [6.45, 7) is 1.97. The zero-order valence-corrected chi connectivity index (χ0v) is 14.0. The Morgan fingerprint density at radius 2 is 2.08 bits per heavy atom. The van der Waals surface area contributed by atoms with E-state index >= 15 is 0 Å². The number of hydrogen-bond donors (Lipinski definition) is 3. The summed E-state index contributed by atoms with van der Waals surface area (Å²) in [6.07, 6.45) is 7.27. The third-order valence-corrected chi connectivity index (χ3v) is 4.83. The number of aryl methyl sites for hydroxylation is 1. The van der Waals surface area contributed by atoms with E-state index in [-0.39, 0.29) is 24.4 Å². The molecule has 0 aromatic carbocycles. The number of carbonyl (C=O) groups excluding carboxylic acids is 1. The van der Waals surface area contributed by atoms with Crippen LogP contribution in [0.4, 0.5) is 0 Å². The van der Waals surface area contributed by atoms with Gasteiger partial charge in [0.25, 0.3) is 5.56 Å². The van der Waals surface area contributed by atoms with Crippen LogP contribution in [0.1, 0.15) is 49.8 Å². The Labute approximate surface area is 140 Å². The summed E-state index contributed by atoms with van der Waals surface area (Å²) in [5.74, 6) is -0.263. The fourth-order valence-corrected chi connectivity index (χ4v) is 3.36. The van der Waals surface area contributed by atoms with Crippen molar-refractivity contribution in [2.75, 3.05) is 6.54 Å². The van der Waals surface area contributed by atoms with Crippen molar-refractivity contribution in [1.29, 1.82) is 0 Å². The van der Waals surface area contributed by atoms with Crippen LogP contribution in [0, 0.1) is 6.92 Å². The van der Waals surface area contributed by atoms with Gasteiger partial charge in [0.05, 0.1) is 12.0 Å². The molecule has 2 heterocycles. The Hall–Kier alpha value is -2.15. The molecule has 3 N–H and O–H groups in total. The maximum Gasteiger partial charge on any atom is 0.276 e. The van der Waals surface area contributed by atoms with Crippen molar-refractivity contribution in [3.05, 3.63) is 33.9 Å². The molecule has 3 rings (SSSR count). The molecule has 24 heavy (non-hydrogen) atoms. The number of aromatic nitrogens is 3. The molecule has 0 bridgehead atoms. The number of amides is 1. The highest BCUT2D eigenvalue weighted by Gasteiger charge is 2.28. The van der Waals surface area contributed by atoms with Crippen molar-refractivity contribution < 1.29 is 9.90 Å². The van der Waals surface area contributed by atoms with Gasteiger partial charge in [-0.1, -0.05) is 25.7 Å². The standard InChI is InChI=1S/C17H24N4O3/c1-12-13(16(23)21-14(20-12)6-9-19-21)10-15(22)18-11-17(24)7-4-2-3-5-8-17/h6,9,19,24H,2-5,7-8,10-11H2,1H3,(H,18,22). The summed E-state index contributed by atoms with van der Waals surface area (Å²) in [5, 5.41) is 16.2. The first-order valence-electron chi connectivity index (χ1n) is 8.53. The minimum absolute atomic E-state index is 0.0320. The van der Waals surface area contributed by atoms with Gasteiger partial charge in [-0.3, -0.25) is 14.7 Å². The van der Waals surface area contributed by atoms with Crippen molar-refractivity contribution in [2.45, 2.75) is 57.5 Å². The first-order valence-corrected chi connectivity index (χ1v) is 8.53. The van der Waals surface area contributed by atoms with Crippen LogP contribution in [-0.4, -0.2) is 37.8 Å². The number of nitrogens with one attached hydrogen (secondary N) is 2. The molecule has 2 aromatic rings. The van der Waals surface area contributed by atoms with Crippen LogP contribution in [0.5, 0.6) is 0 Å². The third-order valence-electron chi connectivity index (χ3n) is 4.83. The Kier molecular flexibility index (Phi) is 4.71. The van der Waals surface area contributed by atoms with E-state index in [1.807, 2.05) is 0 Å². The van der Waals surface area contributed by atoms with Crippen LogP contribution >= 0.6 is 0 Å². The zero-order valence-electron chi connectivity index (χ0n) is 14.0. The van der Waals surface area contributed by atoms with Crippen molar-refractivity contribution >= 4 is 11.6 Å². The number of H-pyrrole nitrogens is 1. The van der Waals surface area contributed by atoms with Crippen LogP contribution in [0.15, 0.2) is 17.1 Å². The summed E-state index contributed by atoms with van der Waals surface area (Å²) in [7, 11) is 0. The molecule has 0 saturated heterocycles. The summed E-state index contributed by atoms with van der Waals surface area (Å²) >= 11 is 0. The highest BCUT2D eigenvalue weighted by molar-refractivity contribution is 5.78. The van der Waals surface area contributed by atoms with E-state index in [4.69, 9.17) is 0 Å². The molecule has 2 aromatic heterocycles. The second-order valence-corrected chi connectivity index (χ2v) is 6.73. The number of fused-ring (bicyclic) bond motifs is 1. The fourth-order valence-electron chi connectivity index (χ4n) is 3.36. The molecule has 1 saturated carbocycles. The Morgan fingerprint density at radius 3 is 2.79 bits per heavy atom. The molecule has 1 amide bonds. The lowest BCUT2D eigenvalue weighted by Crippen LogP contribution is -2.43. The molecule has 0 aliphatic heterocycles. The Morgan fingerprint density at radius 1 is 1.38 bits per heavy atom. The number of aromatic amines is 1. The highest BCUT2D eigenvalue weighted by Crippen LogP contribution is 2.26. The van der Waals surface area contributed by atoms with Crippen molar-refractivity contribution in [3.8, 4) is 0 Å². The monoisotopic (exact) mass is 332 g/mol. The normalized spacial score (nSPS) is 17.6. The fraction of sp³-hybridized carbons (Fsp3) is 0.588. The number of rotatable bonds is 4.